The highest BCUT2D eigenvalue weighted by molar-refractivity contribution is 5.78. The molecule has 0 amide bonds. The van der Waals surface area contributed by atoms with Crippen LogP contribution in [-0.4, -0.2) is 20.4 Å². The SMILES string of the molecule is CC1CCC(c2ccc(C(c3ccc(O)c(-c4ccccc4O)c3)c3ccc(O)c(-c4ccccc4O)c3)cc2)CC1. The largest absolute Gasteiger partial charge is 0.507 e. The summed E-state index contributed by atoms with van der Waals surface area (Å²) in [5, 5.41) is 42.8. The van der Waals surface area contributed by atoms with Gasteiger partial charge in [-0.25, -0.2) is 0 Å². The topological polar surface area (TPSA) is 80.9 Å². The molecule has 5 aromatic rings. The molecule has 5 aromatic carbocycles. The van der Waals surface area contributed by atoms with E-state index in [2.05, 4.69) is 31.2 Å². The fourth-order valence-electron chi connectivity index (χ4n) is 6.43. The lowest BCUT2D eigenvalue weighted by Gasteiger charge is -2.27. The standard InChI is InChI=1S/C38H36O4/c1-24-10-12-25(13-11-24)26-14-16-27(17-15-26)38(28-18-20-36(41)32(22-28)30-6-2-4-8-34(30)39)29-19-21-37(42)33(23-29)31-7-3-5-9-35(31)40/h2-9,14-25,38-42H,10-13H2,1H3. The van der Waals surface area contributed by atoms with E-state index in [0.717, 1.165) is 22.6 Å². The Morgan fingerprint density at radius 3 is 1.38 bits per heavy atom. The van der Waals surface area contributed by atoms with Crippen molar-refractivity contribution in [2.24, 2.45) is 5.92 Å². The highest BCUT2D eigenvalue weighted by Gasteiger charge is 2.24. The fourth-order valence-corrected chi connectivity index (χ4v) is 6.43. The van der Waals surface area contributed by atoms with Crippen molar-refractivity contribution >= 4 is 0 Å². The molecule has 1 saturated carbocycles. The van der Waals surface area contributed by atoms with Gasteiger partial charge in [-0.15, -0.1) is 0 Å². The molecule has 4 N–H and O–H groups in total. The van der Waals surface area contributed by atoms with Crippen LogP contribution in [0.25, 0.3) is 22.3 Å². The summed E-state index contributed by atoms with van der Waals surface area (Å²) in [5.41, 5.74) is 6.50. The van der Waals surface area contributed by atoms with E-state index in [-0.39, 0.29) is 28.9 Å². The molecule has 0 unspecified atom stereocenters. The monoisotopic (exact) mass is 556 g/mol. The van der Waals surface area contributed by atoms with Crippen LogP contribution in [0, 0.1) is 5.92 Å². The zero-order valence-corrected chi connectivity index (χ0v) is 23.7. The van der Waals surface area contributed by atoms with Gasteiger partial charge in [0, 0.05) is 28.2 Å². The van der Waals surface area contributed by atoms with E-state index < -0.39 is 0 Å². The van der Waals surface area contributed by atoms with Gasteiger partial charge in [0.15, 0.2) is 0 Å². The van der Waals surface area contributed by atoms with Gasteiger partial charge >= 0.3 is 0 Å². The average molecular weight is 557 g/mol. The Labute approximate surface area is 247 Å². The summed E-state index contributed by atoms with van der Waals surface area (Å²) in [4.78, 5) is 0. The van der Waals surface area contributed by atoms with Crippen molar-refractivity contribution in [3.63, 3.8) is 0 Å². The number of para-hydroxylation sites is 2. The van der Waals surface area contributed by atoms with Crippen LogP contribution >= 0.6 is 0 Å². The molecule has 0 heterocycles. The third kappa shape index (κ3) is 5.45. The van der Waals surface area contributed by atoms with E-state index in [9.17, 15) is 20.4 Å². The van der Waals surface area contributed by atoms with E-state index in [1.807, 2.05) is 36.4 Å². The normalized spacial score (nSPS) is 16.9. The Bertz CT molecular complexity index is 1600. The molecule has 0 aliphatic heterocycles. The first-order chi connectivity index (χ1) is 20.4. The molecular formula is C38H36O4. The molecule has 0 spiro atoms. The minimum Gasteiger partial charge on any atom is -0.507 e. The molecule has 212 valence electrons. The van der Waals surface area contributed by atoms with Crippen molar-refractivity contribution in [1.29, 1.82) is 0 Å². The molecular weight excluding hydrogens is 520 g/mol. The maximum absolute atomic E-state index is 10.8. The molecule has 4 heteroatoms. The second kappa shape index (κ2) is 11.7. The first-order valence-corrected chi connectivity index (χ1v) is 14.7. The lowest BCUT2D eigenvalue weighted by atomic mass is 9.78. The summed E-state index contributed by atoms with van der Waals surface area (Å²) in [5.74, 6) is 1.50. The summed E-state index contributed by atoms with van der Waals surface area (Å²) >= 11 is 0. The number of hydrogen-bond acceptors (Lipinski definition) is 4. The van der Waals surface area contributed by atoms with Crippen LogP contribution in [0.3, 0.4) is 0 Å². The Balaban J connectivity index is 1.48. The maximum atomic E-state index is 10.8. The molecule has 0 saturated heterocycles. The first kappa shape index (κ1) is 27.5. The van der Waals surface area contributed by atoms with E-state index in [1.165, 1.54) is 31.2 Å². The summed E-state index contributed by atoms with van der Waals surface area (Å²) in [6, 6.07) is 33.9. The Hall–Kier alpha value is -4.70. The van der Waals surface area contributed by atoms with E-state index >= 15 is 0 Å². The van der Waals surface area contributed by atoms with Crippen LogP contribution in [0.4, 0.5) is 0 Å². The summed E-state index contributed by atoms with van der Waals surface area (Å²) < 4.78 is 0. The van der Waals surface area contributed by atoms with Gasteiger partial charge in [0.2, 0.25) is 0 Å². The van der Waals surface area contributed by atoms with Gasteiger partial charge in [0.05, 0.1) is 0 Å². The highest BCUT2D eigenvalue weighted by Crippen LogP contribution is 2.44. The fraction of sp³-hybridized carbons (Fsp3) is 0.211. The Morgan fingerprint density at radius 1 is 0.476 bits per heavy atom. The highest BCUT2D eigenvalue weighted by atomic mass is 16.3. The molecule has 0 bridgehead atoms. The summed E-state index contributed by atoms with van der Waals surface area (Å²) in [7, 11) is 0. The van der Waals surface area contributed by atoms with E-state index in [4.69, 9.17) is 0 Å². The van der Waals surface area contributed by atoms with Crippen molar-refractivity contribution in [3.05, 3.63) is 131 Å². The van der Waals surface area contributed by atoms with E-state index in [1.54, 1.807) is 48.5 Å². The van der Waals surface area contributed by atoms with Gasteiger partial charge < -0.3 is 20.4 Å². The van der Waals surface area contributed by atoms with Crippen LogP contribution in [0.5, 0.6) is 23.0 Å². The molecule has 4 nitrogen and oxygen atoms in total. The molecule has 0 atom stereocenters. The Morgan fingerprint density at radius 2 is 0.905 bits per heavy atom. The van der Waals surface area contributed by atoms with Crippen molar-refractivity contribution in [1.82, 2.24) is 0 Å². The molecule has 1 fully saturated rings. The van der Waals surface area contributed by atoms with Crippen LogP contribution in [-0.2, 0) is 0 Å². The zero-order chi connectivity index (χ0) is 29.2. The lowest BCUT2D eigenvalue weighted by molar-refractivity contribution is 0.348. The molecule has 0 radical (unpaired) electrons. The quantitative estimate of drug-likeness (QED) is 0.157. The maximum Gasteiger partial charge on any atom is 0.123 e. The number of rotatable bonds is 6. The molecule has 1 aliphatic carbocycles. The number of aromatic hydroxyl groups is 4. The summed E-state index contributed by atoms with van der Waals surface area (Å²) in [6.45, 7) is 2.34. The lowest BCUT2D eigenvalue weighted by Crippen LogP contribution is -2.11. The Kier molecular flexibility index (Phi) is 7.62. The second-order valence-electron chi connectivity index (χ2n) is 11.6. The van der Waals surface area contributed by atoms with Gasteiger partial charge in [-0.1, -0.05) is 92.6 Å². The molecule has 6 rings (SSSR count). The predicted molar refractivity (Wildman–Crippen MR) is 168 cm³/mol. The summed E-state index contributed by atoms with van der Waals surface area (Å²) in [6.07, 6.45) is 4.96. The van der Waals surface area contributed by atoms with Crippen LogP contribution < -0.4 is 0 Å². The van der Waals surface area contributed by atoms with Gasteiger partial charge in [-0.05, 0) is 83.3 Å². The van der Waals surface area contributed by atoms with Crippen molar-refractivity contribution in [3.8, 4) is 45.3 Å². The van der Waals surface area contributed by atoms with E-state index in [0.29, 0.717) is 28.2 Å². The number of benzene rings is 5. The number of phenols is 4. The third-order valence-electron chi connectivity index (χ3n) is 8.85. The molecule has 1 aliphatic rings. The third-order valence-corrected chi connectivity index (χ3v) is 8.85. The predicted octanol–water partition coefficient (Wildman–Crippen LogP) is 9.32. The van der Waals surface area contributed by atoms with Gasteiger partial charge in [0.25, 0.3) is 0 Å². The minimum atomic E-state index is -0.235. The smallest absolute Gasteiger partial charge is 0.123 e. The van der Waals surface area contributed by atoms with Gasteiger partial charge in [-0.2, -0.15) is 0 Å². The molecule has 0 aromatic heterocycles. The average Bonchev–Trinajstić information content (AvgIpc) is 3.00. The van der Waals surface area contributed by atoms with Gasteiger partial charge in [-0.3, -0.25) is 0 Å². The van der Waals surface area contributed by atoms with Crippen LogP contribution in [0.15, 0.2) is 109 Å². The van der Waals surface area contributed by atoms with Crippen molar-refractivity contribution < 1.29 is 20.4 Å². The van der Waals surface area contributed by atoms with Crippen molar-refractivity contribution in [2.45, 2.75) is 44.4 Å². The minimum absolute atomic E-state index is 0.0847. The second-order valence-corrected chi connectivity index (χ2v) is 11.6. The molecule has 42 heavy (non-hydrogen) atoms. The van der Waals surface area contributed by atoms with Crippen LogP contribution in [0.2, 0.25) is 0 Å². The van der Waals surface area contributed by atoms with Gasteiger partial charge in [0.1, 0.15) is 23.0 Å². The number of hydrogen-bond donors (Lipinski definition) is 4. The first-order valence-electron chi connectivity index (χ1n) is 14.7. The van der Waals surface area contributed by atoms with Crippen LogP contribution in [0.1, 0.15) is 66.7 Å². The number of phenolic OH excluding ortho intramolecular Hbond substituents is 4. The van der Waals surface area contributed by atoms with Crippen molar-refractivity contribution in [2.75, 3.05) is 0 Å². The zero-order valence-electron chi connectivity index (χ0n) is 23.7.